The molecule has 0 radical (unpaired) electrons. The number of hydrogen-bond donors (Lipinski definition) is 1. The lowest BCUT2D eigenvalue weighted by atomic mass is 9.92. The number of rotatable bonds is 4. The van der Waals surface area contributed by atoms with E-state index in [0.717, 1.165) is 5.56 Å². The summed E-state index contributed by atoms with van der Waals surface area (Å²) < 4.78 is 1.65. The molecular weight excluding hydrogens is 250 g/mol. The third kappa shape index (κ3) is 3.07. The van der Waals surface area contributed by atoms with Crippen molar-refractivity contribution in [3.63, 3.8) is 0 Å². The zero-order valence-corrected chi connectivity index (χ0v) is 12.4. The molecule has 1 atom stereocenters. The molecule has 4 nitrogen and oxygen atoms in total. The highest BCUT2D eigenvalue weighted by Gasteiger charge is 2.26. The smallest absolute Gasteiger partial charge is 0.245 e. The van der Waals surface area contributed by atoms with Crippen molar-refractivity contribution < 1.29 is 4.79 Å². The summed E-state index contributed by atoms with van der Waals surface area (Å²) in [5.74, 6) is -0.0415. The normalized spacial score (nSPS) is 13.0. The maximum Gasteiger partial charge on any atom is 0.245 e. The number of carbonyl (C=O) groups excluding carboxylic acids is 1. The Balaban J connectivity index is 2.14. The van der Waals surface area contributed by atoms with Crippen molar-refractivity contribution in [1.82, 2.24) is 15.1 Å². The highest BCUT2D eigenvalue weighted by atomic mass is 16.2. The molecule has 1 aromatic heterocycles. The fraction of sp³-hybridized carbons (Fsp3) is 0.375. The van der Waals surface area contributed by atoms with Gasteiger partial charge >= 0.3 is 0 Å². The van der Waals surface area contributed by atoms with Gasteiger partial charge in [-0.15, -0.1) is 0 Å². The molecule has 1 amide bonds. The Morgan fingerprint density at radius 3 is 2.70 bits per heavy atom. The molecule has 0 unspecified atom stereocenters. The van der Waals surface area contributed by atoms with E-state index in [-0.39, 0.29) is 11.9 Å². The Bertz CT molecular complexity index is 588. The van der Waals surface area contributed by atoms with Gasteiger partial charge in [-0.1, -0.05) is 29.8 Å². The Hall–Kier alpha value is -2.10. The van der Waals surface area contributed by atoms with Crippen LogP contribution in [-0.2, 0) is 10.3 Å². The molecule has 0 fully saturated rings. The lowest BCUT2D eigenvalue weighted by molar-refractivity contribution is -0.125. The Morgan fingerprint density at radius 2 is 2.10 bits per heavy atom. The van der Waals surface area contributed by atoms with Crippen LogP contribution in [0, 0.1) is 6.92 Å². The molecule has 4 heteroatoms. The predicted molar refractivity (Wildman–Crippen MR) is 79.3 cm³/mol. The number of aromatic nitrogens is 2. The lowest BCUT2D eigenvalue weighted by Crippen LogP contribution is -2.44. The van der Waals surface area contributed by atoms with E-state index in [9.17, 15) is 4.79 Å². The molecule has 0 aliphatic heterocycles. The van der Waals surface area contributed by atoms with E-state index in [2.05, 4.69) is 16.5 Å². The first kappa shape index (κ1) is 14.3. The second-order valence-electron chi connectivity index (χ2n) is 5.65. The highest BCUT2D eigenvalue weighted by molar-refractivity contribution is 5.80. The maximum atomic E-state index is 12.3. The molecule has 0 aliphatic carbocycles. The number of benzene rings is 1. The Labute approximate surface area is 119 Å². The van der Waals surface area contributed by atoms with E-state index in [0.29, 0.717) is 0 Å². The minimum absolute atomic E-state index is 0.0415. The summed E-state index contributed by atoms with van der Waals surface area (Å²) in [6, 6.07) is 9.68. The van der Waals surface area contributed by atoms with Crippen LogP contribution in [-0.4, -0.2) is 15.7 Å². The van der Waals surface area contributed by atoms with E-state index in [1.54, 1.807) is 17.1 Å². The number of nitrogens with one attached hydrogen (secondary N) is 1. The highest BCUT2D eigenvalue weighted by Crippen LogP contribution is 2.22. The average molecular weight is 271 g/mol. The van der Waals surface area contributed by atoms with Crippen LogP contribution in [0.5, 0.6) is 0 Å². The van der Waals surface area contributed by atoms with Crippen LogP contribution in [0.25, 0.3) is 0 Å². The second-order valence-corrected chi connectivity index (χ2v) is 5.65. The molecule has 1 N–H and O–H groups in total. The van der Waals surface area contributed by atoms with Gasteiger partial charge in [0.05, 0.1) is 5.54 Å². The topological polar surface area (TPSA) is 46.9 Å². The van der Waals surface area contributed by atoms with Crippen molar-refractivity contribution in [3.8, 4) is 0 Å². The number of carbonyl (C=O) groups is 1. The molecule has 0 bridgehead atoms. The maximum absolute atomic E-state index is 12.3. The number of aryl methyl sites for hydroxylation is 1. The van der Waals surface area contributed by atoms with E-state index >= 15 is 0 Å². The summed E-state index contributed by atoms with van der Waals surface area (Å²) in [4.78, 5) is 12.3. The monoisotopic (exact) mass is 271 g/mol. The molecule has 2 aromatic rings. The largest absolute Gasteiger partial charge is 0.345 e. The third-order valence-corrected chi connectivity index (χ3v) is 3.48. The average Bonchev–Trinajstić information content (AvgIpc) is 2.91. The van der Waals surface area contributed by atoms with Crippen LogP contribution in [0.1, 0.15) is 37.9 Å². The van der Waals surface area contributed by atoms with Gasteiger partial charge in [0.2, 0.25) is 5.91 Å². The van der Waals surface area contributed by atoms with Gasteiger partial charge in [-0.3, -0.25) is 9.48 Å². The van der Waals surface area contributed by atoms with Crippen LogP contribution in [0.15, 0.2) is 42.7 Å². The van der Waals surface area contributed by atoms with Gasteiger partial charge in [0.15, 0.2) is 0 Å². The SMILES string of the molecule is Cc1cccc(C(C)(C)NC(=O)[C@H](C)n2cccn2)c1. The summed E-state index contributed by atoms with van der Waals surface area (Å²) in [5, 5.41) is 7.20. The predicted octanol–water partition coefficient (Wildman–Crippen LogP) is 2.80. The van der Waals surface area contributed by atoms with Crippen LogP contribution in [0.3, 0.4) is 0 Å². The molecule has 1 aromatic carbocycles. The van der Waals surface area contributed by atoms with E-state index < -0.39 is 5.54 Å². The summed E-state index contributed by atoms with van der Waals surface area (Å²) in [7, 11) is 0. The number of nitrogens with zero attached hydrogens (tertiary/aromatic N) is 2. The minimum atomic E-state index is -0.412. The lowest BCUT2D eigenvalue weighted by Gasteiger charge is -2.29. The first-order valence-electron chi connectivity index (χ1n) is 6.78. The molecule has 0 aliphatic rings. The van der Waals surface area contributed by atoms with Gasteiger partial charge in [-0.05, 0) is 39.3 Å². The zero-order chi connectivity index (χ0) is 14.8. The molecule has 0 spiro atoms. The Morgan fingerprint density at radius 1 is 1.35 bits per heavy atom. The fourth-order valence-corrected chi connectivity index (χ4v) is 2.15. The van der Waals surface area contributed by atoms with Crippen LogP contribution >= 0.6 is 0 Å². The molecular formula is C16H21N3O. The summed E-state index contributed by atoms with van der Waals surface area (Å²) in [5.41, 5.74) is 1.87. The van der Waals surface area contributed by atoms with Crippen molar-refractivity contribution >= 4 is 5.91 Å². The van der Waals surface area contributed by atoms with Crippen LogP contribution < -0.4 is 5.32 Å². The molecule has 0 saturated heterocycles. The molecule has 2 rings (SSSR count). The van der Waals surface area contributed by atoms with Gasteiger partial charge < -0.3 is 5.32 Å². The van der Waals surface area contributed by atoms with Crippen molar-refractivity contribution in [2.45, 2.75) is 39.3 Å². The zero-order valence-electron chi connectivity index (χ0n) is 12.4. The standard InChI is InChI=1S/C16H21N3O/c1-12-7-5-8-14(11-12)16(3,4)18-15(20)13(2)19-10-6-9-17-19/h5-11,13H,1-4H3,(H,18,20)/t13-/m0/s1. The number of amides is 1. The summed E-state index contributed by atoms with van der Waals surface area (Å²) in [6.07, 6.45) is 3.47. The van der Waals surface area contributed by atoms with Crippen molar-refractivity contribution in [3.05, 3.63) is 53.9 Å². The molecule has 106 valence electrons. The van der Waals surface area contributed by atoms with E-state index in [1.807, 2.05) is 52.0 Å². The molecule has 20 heavy (non-hydrogen) atoms. The first-order valence-corrected chi connectivity index (χ1v) is 6.78. The van der Waals surface area contributed by atoms with Crippen molar-refractivity contribution in [2.75, 3.05) is 0 Å². The van der Waals surface area contributed by atoms with E-state index in [1.165, 1.54) is 5.56 Å². The second kappa shape index (κ2) is 5.49. The minimum Gasteiger partial charge on any atom is -0.345 e. The van der Waals surface area contributed by atoms with Gasteiger partial charge in [-0.25, -0.2) is 0 Å². The van der Waals surface area contributed by atoms with Crippen molar-refractivity contribution in [2.24, 2.45) is 0 Å². The quantitative estimate of drug-likeness (QED) is 0.929. The van der Waals surface area contributed by atoms with E-state index in [4.69, 9.17) is 0 Å². The van der Waals surface area contributed by atoms with Gasteiger partial charge in [-0.2, -0.15) is 5.10 Å². The van der Waals surface area contributed by atoms with Gasteiger partial charge in [0, 0.05) is 12.4 Å². The van der Waals surface area contributed by atoms with Crippen LogP contribution in [0.4, 0.5) is 0 Å². The summed E-state index contributed by atoms with van der Waals surface area (Å²) >= 11 is 0. The summed E-state index contributed by atoms with van der Waals surface area (Å²) in [6.45, 7) is 7.91. The number of hydrogen-bond acceptors (Lipinski definition) is 2. The fourth-order valence-electron chi connectivity index (χ4n) is 2.15. The first-order chi connectivity index (χ1) is 9.40. The Kier molecular flexibility index (Phi) is 3.93. The molecule has 0 saturated carbocycles. The van der Waals surface area contributed by atoms with Crippen molar-refractivity contribution in [1.29, 1.82) is 0 Å². The van der Waals surface area contributed by atoms with Gasteiger partial charge in [0.25, 0.3) is 0 Å². The molecule has 1 heterocycles. The van der Waals surface area contributed by atoms with Crippen LogP contribution in [0.2, 0.25) is 0 Å². The van der Waals surface area contributed by atoms with Gasteiger partial charge in [0.1, 0.15) is 6.04 Å². The third-order valence-electron chi connectivity index (χ3n) is 3.48.